The quantitative estimate of drug-likeness (QED) is 0.817. The number of benzene rings is 1. The van der Waals surface area contributed by atoms with Crippen LogP contribution >= 0.6 is 11.6 Å². The summed E-state index contributed by atoms with van der Waals surface area (Å²) in [5.41, 5.74) is 1.75. The Morgan fingerprint density at radius 2 is 2.12 bits per heavy atom. The molecule has 0 radical (unpaired) electrons. The predicted octanol–water partition coefficient (Wildman–Crippen LogP) is 2.67. The molecule has 2 heterocycles. The van der Waals surface area contributed by atoms with Gasteiger partial charge in [-0.2, -0.15) is 5.10 Å². The van der Waals surface area contributed by atoms with Gasteiger partial charge in [-0.3, -0.25) is 0 Å². The van der Waals surface area contributed by atoms with Gasteiger partial charge in [-0.05, 0) is 23.8 Å². The number of halogens is 1. The van der Waals surface area contributed by atoms with Gasteiger partial charge < -0.3 is 19.5 Å². The van der Waals surface area contributed by atoms with Crippen LogP contribution < -0.4 is 9.47 Å². The Labute approximate surface area is 151 Å². The summed E-state index contributed by atoms with van der Waals surface area (Å²) in [7, 11) is 0. The number of hydrogen-bond acceptors (Lipinski definition) is 6. The Kier molecular flexibility index (Phi) is 5.73. The zero-order chi connectivity index (χ0) is 17.6. The number of aliphatic hydroxyl groups excluding tert-OH is 1. The average Bonchev–Trinajstić information content (AvgIpc) is 3.11. The molecule has 3 rings (SSSR count). The molecule has 0 spiro atoms. The molecule has 1 atom stereocenters. The molecule has 1 unspecified atom stereocenters. The number of aliphatic hydroxyl groups is 1. The maximum atomic E-state index is 9.05. The standard InChI is InChI=1S/C18H20ClN3O3/c1-13(12-24-15-4-2-14(11-23)3-5-15)22-9-7-16(10-22)25-18-17(19)6-8-20-21-18/h2-6,8,16,23H,1,7,9-12H2. The van der Waals surface area contributed by atoms with E-state index in [1.807, 2.05) is 24.3 Å². The Morgan fingerprint density at radius 3 is 2.84 bits per heavy atom. The number of rotatable bonds is 7. The van der Waals surface area contributed by atoms with E-state index in [0.717, 1.165) is 30.0 Å². The zero-order valence-corrected chi connectivity index (χ0v) is 14.5. The average molecular weight is 362 g/mol. The first-order valence-corrected chi connectivity index (χ1v) is 8.42. The number of nitrogens with zero attached hydrogens (tertiary/aromatic N) is 3. The summed E-state index contributed by atoms with van der Waals surface area (Å²) >= 11 is 6.05. The molecule has 25 heavy (non-hydrogen) atoms. The van der Waals surface area contributed by atoms with E-state index in [1.54, 1.807) is 6.07 Å². The van der Waals surface area contributed by atoms with Crippen molar-refractivity contribution in [1.82, 2.24) is 15.1 Å². The second-order valence-electron chi connectivity index (χ2n) is 5.82. The second kappa shape index (κ2) is 8.18. The molecule has 1 aliphatic rings. The summed E-state index contributed by atoms with van der Waals surface area (Å²) in [6.07, 6.45) is 2.38. The lowest BCUT2D eigenvalue weighted by molar-refractivity contribution is 0.195. The first-order valence-electron chi connectivity index (χ1n) is 8.05. The zero-order valence-electron chi connectivity index (χ0n) is 13.8. The summed E-state index contributed by atoms with van der Waals surface area (Å²) in [5, 5.41) is 17.2. The molecule has 7 heteroatoms. The highest BCUT2D eigenvalue weighted by Crippen LogP contribution is 2.24. The van der Waals surface area contributed by atoms with Gasteiger partial charge in [0.25, 0.3) is 5.88 Å². The SMILES string of the molecule is C=C(COc1ccc(CO)cc1)N1CCC(Oc2nnccc2Cl)C1. The highest BCUT2D eigenvalue weighted by Gasteiger charge is 2.26. The Bertz CT molecular complexity index is 724. The van der Waals surface area contributed by atoms with Crippen molar-refractivity contribution in [3.8, 4) is 11.6 Å². The van der Waals surface area contributed by atoms with E-state index in [4.69, 9.17) is 26.2 Å². The molecule has 0 bridgehead atoms. The molecule has 0 saturated carbocycles. The second-order valence-corrected chi connectivity index (χ2v) is 6.22. The van der Waals surface area contributed by atoms with Crippen LogP contribution in [0, 0.1) is 0 Å². The lowest BCUT2D eigenvalue weighted by atomic mass is 10.2. The maximum absolute atomic E-state index is 9.05. The van der Waals surface area contributed by atoms with Crippen LogP contribution in [-0.2, 0) is 6.61 Å². The number of ether oxygens (including phenoxy) is 2. The van der Waals surface area contributed by atoms with Crippen LogP contribution in [0.3, 0.4) is 0 Å². The van der Waals surface area contributed by atoms with Crippen LogP contribution in [-0.4, -0.2) is 46.0 Å². The van der Waals surface area contributed by atoms with Gasteiger partial charge in [0, 0.05) is 18.7 Å². The summed E-state index contributed by atoms with van der Waals surface area (Å²) in [6.45, 7) is 6.07. The van der Waals surface area contributed by atoms with Gasteiger partial charge in [-0.1, -0.05) is 30.3 Å². The fraction of sp³-hybridized carbons (Fsp3) is 0.333. The van der Waals surface area contributed by atoms with Crippen LogP contribution in [0.5, 0.6) is 11.6 Å². The molecular formula is C18H20ClN3O3. The molecule has 1 aliphatic heterocycles. The summed E-state index contributed by atoms with van der Waals surface area (Å²) < 4.78 is 11.6. The molecule has 1 N–H and O–H groups in total. The fourth-order valence-corrected chi connectivity index (χ4v) is 2.74. The smallest absolute Gasteiger partial charge is 0.252 e. The van der Waals surface area contributed by atoms with Gasteiger partial charge in [0.05, 0.1) is 19.3 Å². The minimum absolute atomic E-state index is 0.00483. The minimum Gasteiger partial charge on any atom is -0.487 e. The molecule has 1 fully saturated rings. The first kappa shape index (κ1) is 17.5. The van der Waals surface area contributed by atoms with E-state index in [2.05, 4.69) is 21.7 Å². The van der Waals surface area contributed by atoms with E-state index in [0.29, 0.717) is 24.1 Å². The number of hydrogen-bond donors (Lipinski definition) is 1. The fourth-order valence-electron chi connectivity index (χ4n) is 2.60. The van der Waals surface area contributed by atoms with Crippen LogP contribution in [0.15, 0.2) is 48.8 Å². The van der Waals surface area contributed by atoms with Gasteiger partial charge in [-0.25, -0.2) is 0 Å². The third kappa shape index (κ3) is 4.61. The van der Waals surface area contributed by atoms with Crippen molar-refractivity contribution in [2.45, 2.75) is 19.1 Å². The minimum atomic E-state index is -0.00483. The monoisotopic (exact) mass is 361 g/mol. The molecule has 1 aromatic carbocycles. The summed E-state index contributed by atoms with van der Waals surface area (Å²) in [6, 6.07) is 9.01. The molecular weight excluding hydrogens is 342 g/mol. The van der Waals surface area contributed by atoms with Gasteiger partial charge in [0.1, 0.15) is 23.5 Å². The van der Waals surface area contributed by atoms with E-state index in [1.165, 1.54) is 6.20 Å². The van der Waals surface area contributed by atoms with Crippen molar-refractivity contribution >= 4 is 11.6 Å². The molecule has 1 aromatic heterocycles. The van der Waals surface area contributed by atoms with E-state index < -0.39 is 0 Å². The Balaban J connectivity index is 1.48. The van der Waals surface area contributed by atoms with E-state index in [-0.39, 0.29) is 12.7 Å². The van der Waals surface area contributed by atoms with E-state index >= 15 is 0 Å². The van der Waals surface area contributed by atoms with Crippen LogP contribution in [0.4, 0.5) is 0 Å². The Hall–Kier alpha value is -2.31. The van der Waals surface area contributed by atoms with Crippen molar-refractivity contribution in [2.24, 2.45) is 0 Å². The van der Waals surface area contributed by atoms with Crippen molar-refractivity contribution < 1.29 is 14.6 Å². The van der Waals surface area contributed by atoms with Crippen molar-refractivity contribution in [3.63, 3.8) is 0 Å². The maximum Gasteiger partial charge on any atom is 0.252 e. The lowest BCUT2D eigenvalue weighted by Crippen LogP contribution is -2.26. The van der Waals surface area contributed by atoms with Gasteiger partial charge >= 0.3 is 0 Å². The van der Waals surface area contributed by atoms with Crippen LogP contribution in [0.2, 0.25) is 5.02 Å². The molecule has 6 nitrogen and oxygen atoms in total. The van der Waals surface area contributed by atoms with Crippen LogP contribution in [0.1, 0.15) is 12.0 Å². The van der Waals surface area contributed by atoms with Crippen molar-refractivity contribution in [3.05, 3.63) is 59.4 Å². The molecule has 0 aliphatic carbocycles. The molecule has 2 aromatic rings. The van der Waals surface area contributed by atoms with Gasteiger partial charge in [0.2, 0.25) is 0 Å². The largest absolute Gasteiger partial charge is 0.487 e. The lowest BCUT2D eigenvalue weighted by Gasteiger charge is -2.21. The summed E-state index contributed by atoms with van der Waals surface area (Å²) in [5.74, 6) is 1.11. The molecule has 1 saturated heterocycles. The first-order chi connectivity index (χ1) is 12.2. The summed E-state index contributed by atoms with van der Waals surface area (Å²) in [4.78, 5) is 2.14. The van der Waals surface area contributed by atoms with Gasteiger partial charge in [-0.15, -0.1) is 5.10 Å². The van der Waals surface area contributed by atoms with Crippen molar-refractivity contribution in [2.75, 3.05) is 19.7 Å². The van der Waals surface area contributed by atoms with Gasteiger partial charge in [0.15, 0.2) is 0 Å². The highest BCUT2D eigenvalue weighted by molar-refractivity contribution is 6.31. The Morgan fingerprint density at radius 1 is 1.32 bits per heavy atom. The normalized spacial score (nSPS) is 16.7. The van der Waals surface area contributed by atoms with E-state index in [9.17, 15) is 0 Å². The van der Waals surface area contributed by atoms with Crippen LogP contribution in [0.25, 0.3) is 0 Å². The molecule has 0 amide bonds. The molecule has 132 valence electrons. The predicted molar refractivity (Wildman–Crippen MR) is 94.6 cm³/mol. The topological polar surface area (TPSA) is 67.7 Å². The number of likely N-dealkylation sites (tertiary alicyclic amines) is 1. The van der Waals surface area contributed by atoms with Crippen molar-refractivity contribution in [1.29, 1.82) is 0 Å². The highest BCUT2D eigenvalue weighted by atomic mass is 35.5. The number of aromatic nitrogens is 2. The third-order valence-corrected chi connectivity index (χ3v) is 4.31. The third-order valence-electron chi connectivity index (χ3n) is 4.02.